The van der Waals surface area contributed by atoms with Crippen LogP contribution >= 0.6 is 0 Å². The number of esters is 1. The van der Waals surface area contributed by atoms with E-state index < -0.39 is 0 Å². The van der Waals surface area contributed by atoms with Crippen molar-refractivity contribution in [3.63, 3.8) is 0 Å². The van der Waals surface area contributed by atoms with E-state index in [1.807, 2.05) is 6.07 Å². The van der Waals surface area contributed by atoms with Gasteiger partial charge in [0.25, 0.3) is 0 Å². The third-order valence-electron chi connectivity index (χ3n) is 7.33. The fourth-order valence-corrected chi connectivity index (χ4v) is 6.26. The zero-order valence-electron chi connectivity index (χ0n) is 15.6. The molecule has 0 bridgehead atoms. The Morgan fingerprint density at radius 3 is 2.96 bits per heavy atom. The first-order chi connectivity index (χ1) is 12.5. The summed E-state index contributed by atoms with van der Waals surface area (Å²) >= 11 is 0. The lowest BCUT2D eigenvalue weighted by Gasteiger charge is -2.49. The van der Waals surface area contributed by atoms with Crippen LogP contribution in [0, 0.1) is 11.3 Å². The van der Waals surface area contributed by atoms with Crippen molar-refractivity contribution in [2.24, 2.45) is 16.5 Å². The number of aryl methyl sites for hydroxylation is 1. The molecule has 5 rings (SSSR count). The first kappa shape index (κ1) is 16.3. The molecule has 0 N–H and O–H groups in total. The molecule has 1 aliphatic heterocycles. The van der Waals surface area contributed by atoms with Gasteiger partial charge < -0.3 is 14.3 Å². The van der Waals surface area contributed by atoms with Crippen LogP contribution in [0.3, 0.4) is 0 Å². The van der Waals surface area contributed by atoms with Crippen LogP contribution in [0.5, 0.6) is 5.75 Å². The highest BCUT2D eigenvalue weighted by molar-refractivity contribution is 5.96. The second-order valence-electron chi connectivity index (χ2n) is 8.40. The Hall–Kier alpha value is -1.88. The number of nitrogens with zero attached hydrogens (tertiary/aromatic N) is 1. The topological polar surface area (TPSA) is 60.4 Å². The van der Waals surface area contributed by atoms with E-state index in [9.17, 15) is 4.79 Å². The summed E-state index contributed by atoms with van der Waals surface area (Å²) in [7, 11) is 1.64. The van der Waals surface area contributed by atoms with Crippen molar-refractivity contribution in [2.45, 2.75) is 63.6 Å². The number of ether oxygens (including phenoxy) is 2. The Balaban J connectivity index is 1.49. The Labute approximate surface area is 153 Å². The number of fused-ring (bicyclic) bond motifs is 3. The summed E-state index contributed by atoms with van der Waals surface area (Å²) < 4.78 is 11.7. The predicted octanol–water partition coefficient (Wildman–Crippen LogP) is 3.60. The molecule has 1 aromatic rings. The Morgan fingerprint density at radius 1 is 1.35 bits per heavy atom. The van der Waals surface area contributed by atoms with Gasteiger partial charge in [0.2, 0.25) is 0 Å². The molecule has 0 amide bonds. The van der Waals surface area contributed by atoms with E-state index >= 15 is 0 Å². The van der Waals surface area contributed by atoms with E-state index in [1.165, 1.54) is 23.8 Å². The Bertz CT molecular complexity index is 818. The predicted molar refractivity (Wildman–Crippen MR) is 96.3 cm³/mol. The number of carbonyl (C=O) groups excluding carboxylic acids is 1. The van der Waals surface area contributed by atoms with E-state index in [1.54, 1.807) is 7.11 Å². The Kier molecular flexibility index (Phi) is 3.34. The highest BCUT2D eigenvalue weighted by Crippen LogP contribution is 2.71. The fraction of sp³-hybridized carbons (Fsp3) is 0.619. The van der Waals surface area contributed by atoms with Crippen molar-refractivity contribution in [2.75, 3.05) is 7.11 Å². The van der Waals surface area contributed by atoms with Gasteiger partial charge in [-0.15, -0.1) is 0 Å². The summed E-state index contributed by atoms with van der Waals surface area (Å²) in [5, 5.41) is 4.36. The summed E-state index contributed by atoms with van der Waals surface area (Å²) in [6.07, 6.45) is 5.56. The normalized spacial score (nSPS) is 40.9. The van der Waals surface area contributed by atoms with E-state index in [4.69, 9.17) is 14.3 Å². The van der Waals surface area contributed by atoms with Gasteiger partial charge in [-0.2, -0.15) is 0 Å². The van der Waals surface area contributed by atoms with Gasteiger partial charge in [0.15, 0.2) is 0 Å². The number of hydrogen-bond donors (Lipinski definition) is 0. The maximum atomic E-state index is 11.2. The zero-order chi connectivity index (χ0) is 18.1. The minimum absolute atomic E-state index is 0.00400. The molecule has 0 aromatic heterocycles. The van der Waals surface area contributed by atoms with Crippen molar-refractivity contribution in [1.82, 2.24) is 0 Å². The van der Waals surface area contributed by atoms with Crippen LogP contribution in [0.1, 0.15) is 56.6 Å². The molecule has 1 aromatic carbocycles. The molecule has 3 aliphatic carbocycles. The van der Waals surface area contributed by atoms with Gasteiger partial charge in [0.1, 0.15) is 18.5 Å². The molecule has 0 radical (unpaired) electrons. The lowest BCUT2D eigenvalue weighted by molar-refractivity contribution is -0.131. The molecular weight excluding hydrogens is 330 g/mol. The second-order valence-corrected chi connectivity index (χ2v) is 8.40. The van der Waals surface area contributed by atoms with Crippen LogP contribution in [0.25, 0.3) is 0 Å². The van der Waals surface area contributed by atoms with Crippen molar-refractivity contribution in [1.29, 1.82) is 0 Å². The molecule has 2 saturated carbocycles. The number of hydrogen-bond acceptors (Lipinski definition) is 5. The van der Waals surface area contributed by atoms with E-state index in [2.05, 4.69) is 24.2 Å². The van der Waals surface area contributed by atoms with Gasteiger partial charge in [-0.25, -0.2) is 0 Å². The first-order valence-electron chi connectivity index (χ1n) is 9.59. The third-order valence-corrected chi connectivity index (χ3v) is 7.33. The maximum absolute atomic E-state index is 11.2. The SMILES string of the molecule is CO/N=C1\CC2OC23C2CCc4cc(OC(C)=O)ccc4C2CCC13C. The van der Waals surface area contributed by atoms with Crippen LogP contribution in [0.15, 0.2) is 23.4 Å². The molecule has 1 spiro atoms. The molecule has 3 fully saturated rings. The van der Waals surface area contributed by atoms with Gasteiger partial charge >= 0.3 is 5.97 Å². The molecule has 138 valence electrons. The van der Waals surface area contributed by atoms with E-state index in [0.717, 1.165) is 32.1 Å². The van der Waals surface area contributed by atoms with Gasteiger partial charge in [-0.05, 0) is 60.8 Å². The first-order valence-corrected chi connectivity index (χ1v) is 9.59. The number of benzene rings is 1. The number of carbonyl (C=O) groups is 1. The standard InChI is InChI=1S/C21H25NO4/c1-12(23)25-14-5-6-15-13(10-14)4-7-17-16(15)8-9-20(2)18(22-24-3)11-19-21(17,20)26-19/h5-6,10,16-17,19H,4,7-9,11H2,1-3H3/b22-18+. The van der Waals surface area contributed by atoms with Crippen molar-refractivity contribution in [3.05, 3.63) is 29.3 Å². The minimum Gasteiger partial charge on any atom is -0.427 e. The molecule has 4 aliphatic rings. The van der Waals surface area contributed by atoms with Crippen LogP contribution in [-0.4, -0.2) is 30.5 Å². The monoisotopic (exact) mass is 355 g/mol. The highest BCUT2D eigenvalue weighted by atomic mass is 16.6. The molecule has 5 atom stereocenters. The second kappa shape index (κ2) is 5.32. The van der Waals surface area contributed by atoms with Crippen molar-refractivity contribution < 1.29 is 19.1 Å². The lowest BCUT2D eigenvalue weighted by atomic mass is 9.54. The van der Waals surface area contributed by atoms with E-state index in [-0.39, 0.29) is 17.0 Å². The zero-order valence-corrected chi connectivity index (χ0v) is 15.6. The van der Waals surface area contributed by atoms with Gasteiger partial charge in [0, 0.05) is 18.8 Å². The average molecular weight is 355 g/mol. The Morgan fingerprint density at radius 2 is 2.19 bits per heavy atom. The molecule has 26 heavy (non-hydrogen) atoms. The highest BCUT2D eigenvalue weighted by Gasteiger charge is 2.79. The maximum Gasteiger partial charge on any atom is 0.308 e. The van der Waals surface area contributed by atoms with Crippen LogP contribution in [0.2, 0.25) is 0 Å². The van der Waals surface area contributed by atoms with Crippen molar-refractivity contribution >= 4 is 11.7 Å². The fourth-order valence-electron chi connectivity index (χ4n) is 6.26. The van der Waals surface area contributed by atoms with Crippen LogP contribution in [-0.2, 0) is 20.8 Å². The molecule has 5 nitrogen and oxygen atoms in total. The van der Waals surface area contributed by atoms with E-state index in [0.29, 0.717) is 23.7 Å². The summed E-state index contributed by atoms with van der Waals surface area (Å²) in [5.41, 5.74) is 3.88. The third kappa shape index (κ3) is 1.95. The summed E-state index contributed by atoms with van der Waals surface area (Å²) in [4.78, 5) is 16.4. The lowest BCUT2D eigenvalue weighted by Crippen LogP contribution is -2.51. The van der Waals surface area contributed by atoms with Crippen LogP contribution in [0.4, 0.5) is 0 Å². The average Bonchev–Trinajstić information content (AvgIpc) is 3.26. The van der Waals surface area contributed by atoms with Gasteiger partial charge in [-0.1, -0.05) is 18.1 Å². The van der Waals surface area contributed by atoms with Crippen LogP contribution < -0.4 is 4.74 Å². The molecule has 1 heterocycles. The molecule has 5 unspecified atom stereocenters. The summed E-state index contributed by atoms with van der Waals surface area (Å²) in [6.45, 7) is 3.77. The van der Waals surface area contributed by atoms with Crippen molar-refractivity contribution in [3.8, 4) is 5.75 Å². The summed E-state index contributed by atoms with van der Waals surface area (Å²) in [6, 6.07) is 6.15. The largest absolute Gasteiger partial charge is 0.427 e. The summed E-state index contributed by atoms with van der Waals surface area (Å²) in [5.74, 6) is 1.44. The smallest absolute Gasteiger partial charge is 0.308 e. The minimum atomic E-state index is -0.268. The number of oxime groups is 1. The molecule has 1 saturated heterocycles. The quantitative estimate of drug-likeness (QED) is 0.352. The van der Waals surface area contributed by atoms with Gasteiger partial charge in [0.05, 0.1) is 11.8 Å². The molecular formula is C21H25NO4. The molecule has 5 heteroatoms. The van der Waals surface area contributed by atoms with Gasteiger partial charge in [-0.3, -0.25) is 4.79 Å². The number of rotatable bonds is 2. The number of epoxide rings is 1.